The van der Waals surface area contributed by atoms with E-state index >= 15 is 0 Å². The summed E-state index contributed by atoms with van der Waals surface area (Å²) in [6.07, 6.45) is 2.32. The lowest BCUT2D eigenvalue weighted by Gasteiger charge is -2.27. The van der Waals surface area contributed by atoms with Gasteiger partial charge < -0.3 is 15.2 Å². The van der Waals surface area contributed by atoms with E-state index in [0.717, 1.165) is 18.4 Å². The molecule has 4 nitrogen and oxygen atoms in total. The van der Waals surface area contributed by atoms with E-state index < -0.39 is 0 Å². The molecule has 0 bridgehead atoms. The van der Waals surface area contributed by atoms with Crippen molar-refractivity contribution in [2.24, 2.45) is 0 Å². The molecule has 0 aromatic carbocycles. The topological polar surface area (TPSA) is 58.6 Å². The molecule has 1 aromatic heterocycles. The van der Waals surface area contributed by atoms with E-state index in [1.54, 1.807) is 0 Å². The molecule has 108 valence electrons. The standard InChI is InChI=1S/C15H19NO3S/c1-11-10-13(5-8-19-11)16-15(18)14-12(6-9-20-14)4-2-3-7-17/h6,9,11,13,17H,3,5,7-8,10H2,1H3,(H,16,18). The normalized spacial score (nSPS) is 21.9. The van der Waals surface area contributed by atoms with Crippen LogP contribution in [0.5, 0.6) is 0 Å². The molecular formula is C15H19NO3S. The number of thiophene rings is 1. The van der Waals surface area contributed by atoms with Crippen LogP contribution in [0.4, 0.5) is 0 Å². The average molecular weight is 293 g/mol. The Balaban J connectivity index is 1.99. The van der Waals surface area contributed by atoms with Crippen molar-refractivity contribution in [2.75, 3.05) is 13.2 Å². The van der Waals surface area contributed by atoms with Crippen molar-refractivity contribution in [2.45, 2.75) is 38.3 Å². The SMILES string of the molecule is CC1CC(NC(=O)c2sccc2C#CCCO)CCO1. The van der Waals surface area contributed by atoms with Gasteiger partial charge in [-0.05, 0) is 31.2 Å². The van der Waals surface area contributed by atoms with Crippen LogP contribution in [0.15, 0.2) is 11.4 Å². The molecule has 0 radical (unpaired) electrons. The van der Waals surface area contributed by atoms with Crippen molar-refractivity contribution < 1.29 is 14.6 Å². The van der Waals surface area contributed by atoms with Crippen LogP contribution < -0.4 is 5.32 Å². The highest BCUT2D eigenvalue weighted by molar-refractivity contribution is 7.12. The number of amides is 1. The van der Waals surface area contributed by atoms with Crippen molar-refractivity contribution in [1.82, 2.24) is 5.32 Å². The Morgan fingerprint density at radius 2 is 2.50 bits per heavy atom. The zero-order valence-corrected chi connectivity index (χ0v) is 12.3. The molecule has 2 atom stereocenters. The van der Waals surface area contributed by atoms with Crippen LogP contribution in [0.2, 0.25) is 0 Å². The first kappa shape index (κ1) is 15.0. The fourth-order valence-corrected chi connectivity index (χ4v) is 2.93. The molecule has 0 saturated carbocycles. The van der Waals surface area contributed by atoms with Gasteiger partial charge in [0.05, 0.1) is 12.7 Å². The van der Waals surface area contributed by atoms with Crippen molar-refractivity contribution in [3.8, 4) is 11.8 Å². The zero-order valence-electron chi connectivity index (χ0n) is 11.5. The predicted molar refractivity (Wildman–Crippen MR) is 78.8 cm³/mol. The summed E-state index contributed by atoms with van der Waals surface area (Å²) in [7, 11) is 0. The van der Waals surface area contributed by atoms with Crippen LogP contribution in [0, 0.1) is 11.8 Å². The van der Waals surface area contributed by atoms with Crippen LogP contribution in [0.25, 0.3) is 0 Å². The second-order valence-corrected chi connectivity index (χ2v) is 5.73. The number of nitrogens with one attached hydrogen (secondary N) is 1. The zero-order chi connectivity index (χ0) is 14.4. The van der Waals surface area contributed by atoms with E-state index in [2.05, 4.69) is 17.2 Å². The van der Waals surface area contributed by atoms with Gasteiger partial charge in [0.1, 0.15) is 4.88 Å². The van der Waals surface area contributed by atoms with Crippen molar-refractivity contribution in [3.05, 3.63) is 21.9 Å². The molecule has 1 aliphatic rings. The van der Waals surface area contributed by atoms with Crippen LogP contribution in [0.3, 0.4) is 0 Å². The van der Waals surface area contributed by atoms with Gasteiger partial charge in [0, 0.05) is 24.6 Å². The highest BCUT2D eigenvalue weighted by Gasteiger charge is 2.22. The lowest BCUT2D eigenvalue weighted by atomic mass is 10.0. The average Bonchev–Trinajstić information content (AvgIpc) is 2.87. The number of aliphatic hydroxyl groups is 1. The molecule has 5 heteroatoms. The molecule has 2 rings (SSSR count). The second kappa shape index (κ2) is 7.44. The predicted octanol–water partition coefficient (Wildman–Crippen LogP) is 1.78. The summed E-state index contributed by atoms with van der Waals surface area (Å²) in [5, 5.41) is 13.6. The fourth-order valence-electron chi connectivity index (χ4n) is 2.18. The lowest BCUT2D eigenvalue weighted by molar-refractivity contribution is 0.0137. The highest BCUT2D eigenvalue weighted by atomic mass is 32.1. The van der Waals surface area contributed by atoms with E-state index in [0.29, 0.717) is 17.9 Å². The van der Waals surface area contributed by atoms with Crippen molar-refractivity contribution in [1.29, 1.82) is 0 Å². The Morgan fingerprint density at radius 3 is 3.25 bits per heavy atom. The molecule has 20 heavy (non-hydrogen) atoms. The van der Waals surface area contributed by atoms with Gasteiger partial charge >= 0.3 is 0 Å². The summed E-state index contributed by atoms with van der Waals surface area (Å²) in [5.74, 6) is 5.72. The molecule has 1 saturated heterocycles. The molecular weight excluding hydrogens is 274 g/mol. The van der Waals surface area contributed by atoms with Gasteiger partial charge in [0.15, 0.2) is 0 Å². The quantitative estimate of drug-likeness (QED) is 0.835. The van der Waals surface area contributed by atoms with Gasteiger partial charge in [0.25, 0.3) is 5.91 Å². The molecule has 2 N–H and O–H groups in total. The third-order valence-corrected chi connectivity index (χ3v) is 4.06. The van der Waals surface area contributed by atoms with Gasteiger partial charge in [-0.1, -0.05) is 11.8 Å². The minimum absolute atomic E-state index is 0.0403. The Morgan fingerprint density at radius 1 is 1.65 bits per heavy atom. The third-order valence-electron chi connectivity index (χ3n) is 3.15. The van der Waals surface area contributed by atoms with Crippen molar-refractivity contribution >= 4 is 17.2 Å². The maximum Gasteiger partial charge on any atom is 0.262 e. The number of rotatable bonds is 3. The minimum atomic E-state index is -0.0626. The van der Waals surface area contributed by atoms with E-state index in [4.69, 9.17) is 9.84 Å². The first-order valence-corrected chi connectivity index (χ1v) is 7.68. The molecule has 1 fully saturated rings. The Labute approximate surface area is 123 Å². The Kier molecular flexibility index (Phi) is 5.60. The number of hydrogen-bond donors (Lipinski definition) is 2. The Bertz CT molecular complexity index is 515. The highest BCUT2D eigenvalue weighted by Crippen LogP contribution is 2.18. The van der Waals surface area contributed by atoms with Gasteiger partial charge in [-0.25, -0.2) is 0 Å². The summed E-state index contributed by atoms with van der Waals surface area (Å²) < 4.78 is 5.47. The number of hydrogen-bond acceptors (Lipinski definition) is 4. The van der Waals surface area contributed by atoms with E-state index in [-0.39, 0.29) is 24.7 Å². The largest absolute Gasteiger partial charge is 0.395 e. The minimum Gasteiger partial charge on any atom is -0.395 e. The summed E-state index contributed by atoms with van der Waals surface area (Å²) in [4.78, 5) is 12.9. The summed E-state index contributed by atoms with van der Waals surface area (Å²) >= 11 is 1.40. The van der Waals surface area contributed by atoms with E-state index in [1.807, 2.05) is 18.4 Å². The maximum absolute atomic E-state index is 12.3. The molecule has 1 amide bonds. The molecule has 0 aliphatic carbocycles. The second-order valence-electron chi connectivity index (χ2n) is 4.81. The van der Waals surface area contributed by atoms with Crippen LogP contribution in [-0.2, 0) is 4.74 Å². The Hall–Kier alpha value is -1.35. The number of carbonyl (C=O) groups excluding carboxylic acids is 1. The first-order chi connectivity index (χ1) is 9.70. The van der Waals surface area contributed by atoms with Crippen LogP contribution in [0.1, 0.15) is 41.4 Å². The number of aliphatic hydroxyl groups excluding tert-OH is 1. The molecule has 1 aromatic rings. The number of ether oxygens (including phenoxy) is 1. The summed E-state index contributed by atoms with van der Waals surface area (Å²) in [6.45, 7) is 2.76. The van der Waals surface area contributed by atoms with Crippen LogP contribution in [-0.4, -0.2) is 36.4 Å². The lowest BCUT2D eigenvalue weighted by Crippen LogP contribution is -2.41. The fraction of sp³-hybridized carbons (Fsp3) is 0.533. The van der Waals surface area contributed by atoms with Gasteiger partial charge in [-0.3, -0.25) is 4.79 Å². The molecule has 0 spiro atoms. The van der Waals surface area contributed by atoms with E-state index in [9.17, 15) is 4.79 Å². The molecule has 2 heterocycles. The van der Waals surface area contributed by atoms with E-state index in [1.165, 1.54) is 11.3 Å². The number of carbonyl (C=O) groups is 1. The molecule has 2 unspecified atom stereocenters. The summed E-state index contributed by atoms with van der Waals surface area (Å²) in [5.41, 5.74) is 0.737. The van der Waals surface area contributed by atoms with Gasteiger partial charge in [-0.15, -0.1) is 11.3 Å². The molecule has 1 aliphatic heterocycles. The third kappa shape index (κ3) is 4.07. The van der Waals surface area contributed by atoms with Crippen LogP contribution >= 0.6 is 11.3 Å². The van der Waals surface area contributed by atoms with Gasteiger partial charge in [0.2, 0.25) is 0 Å². The first-order valence-electron chi connectivity index (χ1n) is 6.80. The monoisotopic (exact) mass is 293 g/mol. The smallest absolute Gasteiger partial charge is 0.262 e. The maximum atomic E-state index is 12.3. The van der Waals surface area contributed by atoms with Crippen molar-refractivity contribution in [3.63, 3.8) is 0 Å². The van der Waals surface area contributed by atoms with Gasteiger partial charge in [-0.2, -0.15) is 0 Å². The summed E-state index contributed by atoms with van der Waals surface area (Å²) in [6, 6.07) is 2.02.